The number of carboxylic acids is 4. The number of hydrogen-bond acceptors (Lipinski definition) is 20. The third kappa shape index (κ3) is 25.6. The van der Waals surface area contributed by atoms with Crippen LogP contribution in [0.4, 0.5) is 0 Å². The van der Waals surface area contributed by atoms with Crippen molar-refractivity contribution in [3.63, 3.8) is 0 Å². The minimum atomic E-state index is -2.09. The number of nitrogens with two attached hydrogens (primary N) is 1. The van der Waals surface area contributed by atoms with Gasteiger partial charge in [-0.3, -0.25) is 62.3 Å². The summed E-state index contributed by atoms with van der Waals surface area (Å²) in [7, 11) is 0. The van der Waals surface area contributed by atoms with Crippen LogP contribution in [0.1, 0.15) is 49.3 Å². The van der Waals surface area contributed by atoms with Gasteiger partial charge in [0.15, 0.2) is 0 Å². The minimum absolute atomic E-state index is 0.121. The highest BCUT2D eigenvalue weighted by Gasteiger charge is 2.36. The van der Waals surface area contributed by atoms with Gasteiger partial charge in [0, 0.05) is 19.3 Å². The first-order chi connectivity index (χ1) is 41.5. The van der Waals surface area contributed by atoms with Crippen molar-refractivity contribution in [2.75, 3.05) is 31.7 Å². The van der Waals surface area contributed by atoms with Crippen LogP contribution in [-0.2, 0) is 86.4 Å². The lowest BCUT2D eigenvalue weighted by molar-refractivity contribution is -0.144. The topological polar surface area (TPSA) is 547 Å². The average Bonchev–Trinajstić information content (AvgIpc) is 2.66. The molecule has 10 amide bonds. The normalized spacial score (nSPS) is 13.9. The number of nitrogens with one attached hydrogen (secondary N) is 10. The second kappa shape index (κ2) is 36.0. The van der Waals surface area contributed by atoms with Gasteiger partial charge < -0.3 is 99.8 Å². The zero-order valence-corrected chi connectivity index (χ0v) is 48.0. The van der Waals surface area contributed by atoms with Gasteiger partial charge in [0.1, 0.15) is 71.6 Å². The molecule has 3 rings (SSSR count). The number of rotatable bonds is 37. The molecule has 0 fully saturated rings. The van der Waals surface area contributed by atoms with E-state index in [9.17, 15) is 103 Å². The predicted molar refractivity (Wildman–Crippen MR) is 305 cm³/mol. The fourth-order valence-electron chi connectivity index (χ4n) is 7.90. The first kappa shape index (κ1) is 72.2. The molecule has 0 saturated heterocycles. The number of benzene rings is 3. The number of aliphatic hydroxyl groups is 1. The van der Waals surface area contributed by atoms with Crippen molar-refractivity contribution in [1.29, 1.82) is 0 Å². The Balaban J connectivity index is 1.88. The number of carboxylic acid groups (broad SMARTS) is 4. The van der Waals surface area contributed by atoms with Gasteiger partial charge in [-0.05, 0) is 78.4 Å². The van der Waals surface area contributed by atoms with Crippen molar-refractivity contribution in [2.24, 2.45) is 5.73 Å². The maximum atomic E-state index is 14.5. The number of phenols is 3. The second-order valence-electron chi connectivity index (χ2n) is 19.5. The minimum Gasteiger partial charge on any atom is -0.508 e. The van der Waals surface area contributed by atoms with Gasteiger partial charge in [0.2, 0.25) is 59.1 Å². The Labute approximate surface area is 504 Å². The lowest BCUT2D eigenvalue weighted by Crippen LogP contribution is -2.61. The van der Waals surface area contributed by atoms with Crippen LogP contribution in [0.3, 0.4) is 0 Å². The Hall–Kier alpha value is -10.1. The molecule has 0 aliphatic carbocycles. The summed E-state index contributed by atoms with van der Waals surface area (Å²) in [5.41, 5.74) is 6.12. The zero-order chi connectivity index (χ0) is 65.8. The van der Waals surface area contributed by atoms with Crippen molar-refractivity contribution in [3.8, 4) is 17.2 Å². The summed E-state index contributed by atoms with van der Waals surface area (Å²) < 4.78 is 0. The van der Waals surface area contributed by atoms with Crippen molar-refractivity contribution in [1.82, 2.24) is 53.2 Å². The Morgan fingerprint density at radius 3 is 1.14 bits per heavy atom. The van der Waals surface area contributed by atoms with Gasteiger partial charge in [0.25, 0.3) is 0 Å². The summed E-state index contributed by atoms with van der Waals surface area (Å²) >= 11 is 1.23. The first-order valence-electron chi connectivity index (χ1n) is 26.5. The summed E-state index contributed by atoms with van der Waals surface area (Å²) in [4.78, 5) is 182. The van der Waals surface area contributed by atoms with Crippen molar-refractivity contribution >= 4 is 94.7 Å². The monoisotopic (exact) mass is 1260 g/mol. The molecule has 0 aliphatic rings. The fraction of sp³-hybridized carbons (Fsp3) is 0.407. The van der Waals surface area contributed by atoms with E-state index in [1.807, 2.05) is 16.0 Å². The summed E-state index contributed by atoms with van der Waals surface area (Å²) in [6, 6.07) is -0.0805. The third-order valence-electron chi connectivity index (χ3n) is 12.5. The second-order valence-corrected chi connectivity index (χ2v) is 20.5. The number of carbonyl (C=O) groups excluding carboxylic acids is 10. The van der Waals surface area contributed by atoms with Gasteiger partial charge in [-0.15, -0.1) is 0 Å². The Kier molecular flexibility index (Phi) is 29.5. The molecular formula is C54H69N11O22S. The molecule has 34 heteroatoms. The lowest BCUT2D eigenvalue weighted by atomic mass is 10.0. The lowest BCUT2D eigenvalue weighted by Gasteiger charge is -2.27. The molecule has 3 aromatic carbocycles. The van der Waals surface area contributed by atoms with Gasteiger partial charge >= 0.3 is 23.9 Å². The van der Waals surface area contributed by atoms with Gasteiger partial charge in [-0.2, -0.15) is 11.8 Å². The van der Waals surface area contributed by atoms with Crippen LogP contribution in [0.2, 0.25) is 0 Å². The average molecular weight is 1260 g/mol. The maximum Gasteiger partial charge on any atom is 0.326 e. The third-order valence-corrected chi connectivity index (χ3v) is 13.1. The summed E-state index contributed by atoms with van der Waals surface area (Å²) in [6.07, 6.45) is -2.79. The number of hydrogen-bond donors (Lipinski definition) is 19. The van der Waals surface area contributed by atoms with E-state index < -0.39 is 183 Å². The number of phenolic OH excluding ortho intramolecular Hbond substituents is 3. The number of thioether (sulfide) groups is 1. The van der Waals surface area contributed by atoms with Crippen LogP contribution in [0, 0.1) is 0 Å². The van der Waals surface area contributed by atoms with Crippen molar-refractivity contribution in [2.45, 2.75) is 106 Å². The number of aliphatic carboxylic acids is 4. The van der Waals surface area contributed by atoms with E-state index in [0.29, 0.717) is 11.1 Å². The number of carbonyl (C=O) groups is 14. The van der Waals surface area contributed by atoms with E-state index in [-0.39, 0.29) is 47.8 Å². The molecule has 0 aliphatic heterocycles. The summed E-state index contributed by atoms with van der Waals surface area (Å²) in [5, 5.41) is 100. The Morgan fingerprint density at radius 2 is 0.750 bits per heavy atom. The molecule has 88 heavy (non-hydrogen) atoms. The van der Waals surface area contributed by atoms with E-state index in [4.69, 9.17) is 10.8 Å². The molecule has 20 N–H and O–H groups in total. The van der Waals surface area contributed by atoms with Gasteiger partial charge in [-0.1, -0.05) is 36.4 Å². The maximum absolute atomic E-state index is 14.5. The number of aliphatic hydroxyl groups excluding tert-OH is 1. The smallest absolute Gasteiger partial charge is 0.326 e. The molecule has 0 saturated carbocycles. The molecule has 33 nitrogen and oxygen atoms in total. The molecule has 0 heterocycles. The van der Waals surface area contributed by atoms with Crippen LogP contribution < -0.4 is 58.9 Å². The highest BCUT2D eigenvalue weighted by Crippen LogP contribution is 2.16. The van der Waals surface area contributed by atoms with E-state index in [1.165, 1.54) is 91.5 Å². The van der Waals surface area contributed by atoms with Crippen molar-refractivity contribution < 1.29 is 108 Å². The number of amides is 10. The van der Waals surface area contributed by atoms with E-state index in [1.54, 1.807) is 6.26 Å². The van der Waals surface area contributed by atoms with Crippen LogP contribution in [0.15, 0.2) is 72.8 Å². The quantitative estimate of drug-likeness (QED) is 0.0256. The van der Waals surface area contributed by atoms with Crippen LogP contribution in [0.25, 0.3) is 0 Å². The SMILES string of the molecule is CSCC[C@H](NC(=O)[C@H](C)NC(=O)[C@H](Cc1ccc(O)cc1)NC(=O)[C@H](Cc1ccc(O)cc1)NC(=O)[C@H](CC(=O)O)NC(=O)[C@H](CO)NC(=O)CNC(=O)[C@H](CC(=O)O)NC(=O)CN)C(=O)N[C@@H](CC(=O)O)C(=O)N[C@@H](Cc1ccc(O)cc1)C(=O)O. The Morgan fingerprint density at radius 1 is 0.420 bits per heavy atom. The van der Waals surface area contributed by atoms with E-state index >= 15 is 0 Å². The van der Waals surface area contributed by atoms with Crippen LogP contribution in [0.5, 0.6) is 17.2 Å². The largest absolute Gasteiger partial charge is 0.508 e. The van der Waals surface area contributed by atoms with Crippen molar-refractivity contribution in [3.05, 3.63) is 89.5 Å². The molecule has 0 unspecified atom stereocenters. The fourth-order valence-corrected chi connectivity index (χ4v) is 8.37. The molecule has 0 bridgehead atoms. The highest BCUT2D eigenvalue weighted by molar-refractivity contribution is 7.98. The zero-order valence-electron chi connectivity index (χ0n) is 47.2. The van der Waals surface area contributed by atoms with E-state index in [2.05, 4.69) is 37.2 Å². The van der Waals surface area contributed by atoms with Gasteiger partial charge in [-0.25, -0.2) is 4.79 Å². The number of aromatic hydroxyl groups is 3. The van der Waals surface area contributed by atoms with Gasteiger partial charge in [0.05, 0.1) is 39.0 Å². The molecule has 9 atom stereocenters. The predicted octanol–water partition coefficient (Wildman–Crippen LogP) is -5.46. The summed E-state index contributed by atoms with van der Waals surface area (Å²) in [6.45, 7) is -1.59. The first-order valence-corrected chi connectivity index (χ1v) is 27.9. The molecule has 0 spiro atoms. The van der Waals surface area contributed by atoms with Crippen LogP contribution >= 0.6 is 11.8 Å². The molecular weight excluding hydrogens is 1190 g/mol. The molecule has 0 radical (unpaired) electrons. The summed E-state index contributed by atoms with van der Waals surface area (Å²) in [5.74, 6) is -18.2. The molecule has 0 aromatic heterocycles. The molecule has 478 valence electrons. The van der Waals surface area contributed by atoms with Crippen LogP contribution in [-0.4, -0.2) is 210 Å². The Bertz CT molecular complexity index is 2990. The highest BCUT2D eigenvalue weighted by atomic mass is 32.2. The van der Waals surface area contributed by atoms with E-state index in [0.717, 1.165) is 0 Å². The standard InChI is InChI=1S/C54H69N11O22S/c1-26(46(78)60-33(15-16-88-2)48(80)63-38(22-45(76)77)52(84)65-39(54(86)87)19-29-7-13-32(69)14-8-29)57-49(81)34(17-27-3-9-30(67)10-4-27)61-50(82)35(18-28-5-11-31(68)12-6-28)62-51(83)37(21-44(74)75)64-53(85)40(25-66)59-42(71)24-56-47(79)36(20-43(72)73)58-41(70)23-55/h3-14,26,33-40,66-69H,15-25,55H2,1-2H3,(H,56,79)(H,57,81)(H,58,70)(H,59,71)(H,60,78)(H,61,82)(H,62,83)(H,63,80)(H,64,85)(H,65,84)(H,72,73)(H,74,75)(H,76,77)(H,86,87)/t26-,33-,34-,35-,36-,37-,38-,39-,40-/m0/s1. The molecule has 3 aromatic rings.